The van der Waals surface area contributed by atoms with Gasteiger partial charge in [0.1, 0.15) is 5.75 Å². The minimum atomic E-state index is -1.10. The van der Waals surface area contributed by atoms with E-state index in [0.717, 1.165) is 17.0 Å². The van der Waals surface area contributed by atoms with Crippen LogP contribution in [0.15, 0.2) is 24.7 Å². The fraction of sp³-hybridized carbons (Fsp3) is 0.462. The smallest absolute Gasteiger partial charge is 0.122 e. The summed E-state index contributed by atoms with van der Waals surface area (Å²) in [4.78, 5) is 4.34. The van der Waals surface area contributed by atoms with E-state index < -0.39 is 11.0 Å². The van der Waals surface area contributed by atoms with E-state index in [4.69, 9.17) is 4.74 Å². The van der Waals surface area contributed by atoms with Crippen molar-refractivity contribution in [3.63, 3.8) is 0 Å². The average Bonchev–Trinajstić information content (AvgIpc) is 2.76. The zero-order chi connectivity index (χ0) is 14.0. The number of ether oxygens (including phenoxy) is 1. The summed E-state index contributed by atoms with van der Waals surface area (Å²) < 4.78 is 21.8. The van der Waals surface area contributed by atoms with Crippen molar-refractivity contribution in [2.24, 2.45) is 0 Å². The predicted molar refractivity (Wildman–Crippen MR) is 76.5 cm³/mol. The van der Waals surface area contributed by atoms with Crippen LogP contribution in [0, 0.1) is 0 Å². The second-order valence-corrected chi connectivity index (χ2v) is 7.30. The van der Waals surface area contributed by atoms with Gasteiger partial charge in [0.15, 0.2) is 0 Å². The molecule has 2 heterocycles. The van der Waals surface area contributed by atoms with Crippen LogP contribution >= 0.6 is 0 Å². The summed E-state index contributed by atoms with van der Waals surface area (Å²) in [5.41, 5.74) is 1.81. The maximum atomic E-state index is 12.0. The summed E-state index contributed by atoms with van der Waals surface area (Å²) in [5.74, 6) is 0.784. The third-order valence-electron chi connectivity index (χ3n) is 2.75. The summed E-state index contributed by atoms with van der Waals surface area (Å²) in [6, 6.07) is 3.79. The first-order valence-corrected chi connectivity index (χ1v) is 7.22. The number of rotatable bonds is 4. The lowest BCUT2D eigenvalue weighted by molar-refractivity contribution is 0.414. The maximum Gasteiger partial charge on any atom is 0.122 e. The van der Waals surface area contributed by atoms with Gasteiger partial charge in [-0.3, -0.25) is 0 Å². The van der Waals surface area contributed by atoms with Gasteiger partial charge in [-0.1, -0.05) is 0 Å². The highest BCUT2D eigenvalue weighted by atomic mass is 32.2. The molecule has 6 heteroatoms. The molecule has 5 nitrogen and oxygen atoms in total. The molecule has 0 spiro atoms. The summed E-state index contributed by atoms with van der Waals surface area (Å²) in [6.07, 6.45) is 3.64. The molecule has 0 aliphatic carbocycles. The quantitative estimate of drug-likeness (QED) is 0.931. The van der Waals surface area contributed by atoms with Crippen molar-refractivity contribution >= 4 is 16.5 Å². The van der Waals surface area contributed by atoms with Gasteiger partial charge in [-0.05, 0) is 26.8 Å². The minimum absolute atomic E-state index is 0.284. The van der Waals surface area contributed by atoms with Crippen LogP contribution in [0.1, 0.15) is 26.5 Å². The van der Waals surface area contributed by atoms with E-state index in [0.29, 0.717) is 6.54 Å². The van der Waals surface area contributed by atoms with Crippen molar-refractivity contribution in [2.75, 3.05) is 7.11 Å². The molecule has 19 heavy (non-hydrogen) atoms. The van der Waals surface area contributed by atoms with E-state index in [1.807, 2.05) is 43.5 Å². The molecular formula is C13H19N3O2S. The first kappa shape index (κ1) is 14.0. The predicted octanol–water partition coefficient (Wildman–Crippen LogP) is 1.89. The first-order valence-electron chi connectivity index (χ1n) is 6.07. The van der Waals surface area contributed by atoms with Crippen molar-refractivity contribution in [1.82, 2.24) is 14.1 Å². The van der Waals surface area contributed by atoms with Crippen LogP contribution in [0.4, 0.5) is 0 Å². The number of nitrogens with one attached hydrogen (secondary N) is 1. The van der Waals surface area contributed by atoms with Crippen LogP contribution in [-0.4, -0.2) is 25.5 Å². The van der Waals surface area contributed by atoms with Gasteiger partial charge >= 0.3 is 0 Å². The lowest BCUT2D eigenvalue weighted by atomic mass is 10.3. The fourth-order valence-corrected chi connectivity index (χ4v) is 2.34. The van der Waals surface area contributed by atoms with Gasteiger partial charge in [0.2, 0.25) is 0 Å². The molecule has 1 unspecified atom stereocenters. The molecule has 104 valence electrons. The van der Waals surface area contributed by atoms with Crippen LogP contribution < -0.4 is 9.46 Å². The first-order chi connectivity index (χ1) is 8.91. The van der Waals surface area contributed by atoms with E-state index in [9.17, 15) is 4.21 Å². The highest BCUT2D eigenvalue weighted by Crippen LogP contribution is 2.17. The number of hydrogen-bond acceptors (Lipinski definition) is 3. The van der Waals surface area contributed by atoms with Crippen molar-refractivity contribution in [1.29, 1.82) is 0 Å². The van der Waals surface area contributed by atoms with Crippen LogP contribution in [0.3, 0.4) is 0 Å². The van der Waals surface area contributed by atoms with Gasteiger partial charge in [-0.25, -0.2) is 13.9 Å². The van der Waals surface area contributed by atoms with Gasteiger partial charge < -0.3 is 9.14 Å². The number of pyridine rings is 1. The van der Waals surface area contributed by atoms with Gasteiger partial charge in [0.25, 0.3) is 0 Å². The zero-order valence-electron chi connectivity index (χ0n) is 11.6. The van der Waals surface area contributed by atoms with Crippen molar-refractivity contribution in [3.05, 3.63) is 30.4 Å². The molecule has 1 N–H and O–H groups in total. The molecule has 0 radical (unpaired) electrons. The molecule has 0 fully saturated rings. The van der Waals surface area contributed by atoms with Crippen molar-refractivity contribution in [3.8, 4) is 5.75 Å². The van der Waals surface area contributed by atoms with Crippen molar-refractivity contribution in [2.45, 2.75) is 32.1 Å². The Labute approximate surface area is 115 Å². The molecule has 0 bridgehead atoms. The highest BCUT2D eigenvalue weighted by molar-refractivity contribution is 7.84. The molecule has 0 saturated heterocycles. The molecular weight excluding hydrogens is 262 g/mol. The minimum Gasteiger partial charge on any atom is -0.497 e. The molecule has 2 rings (SSSR count). The molecule has 2 aromatic heterocycles. The molecule has 0 amide bonds. The Kier molecular flexibility index (Phi) is 3.91. The summed E-state index contributed by atoms with van der Waals surface area (Å²) in [6.45, 7) is 6.27. The Morgan fingerprint density at radius 2 is 2.21 bits per heavy atom. The number of nitrogens with zero attached hydrogens (tertiary/aromatic N) is 2. The van der Waals surface area contributed by atoms with E-state index in [-0.39, 0.29) is 4.75 Å². The molecule has 2 aromatic rings. The Hall–Kier alpha value is -1.40. The van der Waals surface area contributed by atoms with E-state index >= 15 is 0 Å². The molecule has 1 atom stereocenters. The summed E-state index contributed by atoms with van der Waals surface area (Å²) in [7, 11) is 0.531. The molecule has 0 saturated carbocycles. The number of aromatic nitrogens is 2. The number of imidazole rings is 1. The third kappa shape index (κ3) is 3.13. The van der Waals surface area contributed by atoms with Crippen molar-refractivity contribution < 1.29 is 8.95 Å². The van der Waals surface area contributed by atoms with Gasteiger partial charge in [0.05, 0.1) is 46.9 Å². The van der Waals surface area contributed by atoms with E-state index in [1.54, 1.807) is 13.4 Å². The number of hydrogen-bond donors (Lipinski definition) is 1. The molecule has 0 aromatic carbocycles. The second kappa shape index (κ2) is 5.30. The topological polar surface area (TPSA) is 55.6 Å². The van der Waals surface area contributed by atoms with Gasteiger partial charge in [0, 0.05) is 12.3 Å². The van der Waals surface area contributed by atoms with Crippen LogP contribution in [-0.2, 0) is 17.5 Å². The lowest BCUT2D eigenvalue weighted by Crippen LogP contribution is -2.33. The monoisotopic (exact) mass is 281 g/mol. The Bertz CT molecular complexity index is 601. The normalized spacial score (nSPS) is 13.7. The lowest BCUT2D eigenvalue weighted by Gasteiger charge is -2.17. The average molecular weight is 281 g/mol. The SMILES string of the molecule is COc1ccn2cnc(CNS(=O)C(C)(C)C)c2c1. The largest absolute Gasteiger partial charge is 0.497 e. The highest BCUT2D eigenvalue weighted by Gasteiger charge is 2.19. The second-order valence-electron chi connectivity index (χ2n) is 5.25. The van der Waals surface area contributed by atoms with Crippen LogP contribution in [0.2, 0.25) is 0 Å². The van der Waals surface area contributed by atoms with Crippen LogP contribution in [0.5, 0.6) is 5.75 Å². The standard InChI is InChI=1S/C13H19N3O2S/c1-13(2,3)19(17)15-8-11-12-7-10(18-4)5-6-16(12)9-14-11/h5-7,9,15H,8H2,1-4H3. The van der Waals surface area contributed by atoms with Gasteiger partial charge in [-0.2, -0.15) is 0 Å². The van der Waals surface area contributed by atoms with Gasteiger partial charge in [-0.15, -0.1) is 0 Å². The Balaban J connectivity index is 2.19. The number of fused-ring (bicyclic) bond motifs is 1. The molecule has 0 aliphatic heterocycles. The fourth-order valence-electron chi connectivity index (χ4n) is 1.64. The van der Waals surface area contributed by atoms with E-state index in [1.165, 1.54) is 0 Å². The van der Waals surface area contributed by atoms with E-state index in [2.05, 4.69) is 9.71 Å². The zero-order valence-corrected chi connectivity index (χ0v) is 12.5. The third-order valence-corrected chi connectivity index (χ3v) is 4.27. The Morgan fingerprint density at radius 1 is 1.47 bits per heavy atom. The summed E-state index contributed by atoms with van der Waals surface area (Å²) in [5, 5.41) is 0. The summed E-state index contributed by atoms with van der Waals surface area (Å²) >= 11 is 0. The molecule has 0 aliphatic rings. The Morgan fingerprint density at radius 3 is 2.84 bits per heavy atom. The van der Waals surface area contributed by atoms with Crippen LogP contribution in [0.25, 0.3) is 5.52 Å². The number of methoxy groups -OCH3 is 1. The maximum absolute atomic E-state index is 12.0.